The highest BCUT2D eigenvalue weighted by Crippen LogP contribution is 2.14. The number of carbonyl (C=O) groups is 3. The van der Waals surface area contributed by atoms with Gasteiger partial charge in [-0.1, -0.05) is 196 Å². The molecule has 338 valence electrons. The fraction of sp³-hybridized carbons (Fsp3) is 0.717. The number of esters is 3. The second-order valence-corrected chi connectivity index (χ2v) is 16.1. The Kier molecular flexibility index (Phi) is 45.0. The third kappa shape index (κ3) is 45.8. The van der Waals surface area contributed by atoms with E-state index in [4.69, 9.17) is 14.2 Å². The van der Waals surface area contributed by atoms with Gasteiger partial charge in [-0.25, -0.2) is 0 Å². The summed E-state index contributed by atoms with van der Waals surface area (Å²) in [6.07, 6.45) is 59.0. The first kappa shape index (κ1) is 55.9. The number of unbranched alkanes of at least 4 members (excludes halogenated alkanes) is 23. The SMILES string of the molecule is CC\C=C/C=C\C=C/CCCCCCCC(=O)OC(COC(=O)CCC/C=C\CCCCCC)COC(=O)CCCCCCCCCCCC/C=C\C=C/CCCCC. The molecule has 0 rings (SSSR count). The maximum atomic E-state index is 12.7. The van der Waals surface area contributed by atoms with Crippen molar-refractivity contribution in [1.82, 2.24) is 0 Å². The Morgan fingerprint density at radius 1 is 0.356 bits per heavy atom. The summed E-state index contributed by atoms with van der Waals surface area (Å²) in [6.45, 7) is 6.39. The molecule has 0 heterocycles. The molecule has 0 aromatic carbocycles. The highest BCUT2D eigenvalue weighted by atomic mass is 16.6. The average Bonchev–Trinajstić information content (AvgIpc) is 3.23. The van der Waals surface area contributed by atoms with Crippen LogP contribution >= 0.6 is 0 Å². The quantitative estimate of drug-likeness (QED) is 0.0200. The Morgan fingerprint density at radius 3 is 1.19 bits per heavy atom. The van der Waals surface area contributed by atoms with Crippen LogP contribution in [0.25, 0.3) is 0 Å². The van der Waals surface area contributed by atoms with E-state index in [1.165, 1.54) is 103 Å². The summed E-state index contributed by atoms with van der Waals surface area (Å²) < 4.78 is 16.7. The summed E-state index contributed by atoms with van der Waals surface area (Å²) >= 11 is 0. The van der Waals surface area contributed by atoms with Crippen molar-refractivity contribution in [3.63, 3.8) is 0 Å². The summed E-state index contributed by atoms with van der Waals surface area (Å²) in [7, 11) is 0. The zero-order chi connectivity index (χ0) is 43.0. The van der Waals surface area contributed by atoms with Gasteiger partial charge in [0.1, 0.15) is 13.2 Å². The molecule has 0 spiro atoms. The summed E-state index contributed by atoms with van der Waals surface area (Å²) in [5.74, 6) is -0.959. The Labute approximate surface area is 363 Å². The molecule has 0 radical (unpaired) electrons. The molecule has 1 unspecified atom stereocenters. The van der Waals surface area contributed by atoms with Crippen molar-refractivity contribution in [2.75, 3.05) is 13.2 Å². The normalized spacial score (nSPS) is 12.7. The summed E-state index contributed by atoms with van der Waals surface area (Å²) in [4.78, 5) is 37.8. The summed E-state index contributed by atoms with van der Waals surface area (Å²) in [5, 5.41) is 0. The van der Waals surface area contributed by atoms with Crippen LogP contribution in [0.4, 0.5) is 0 Å². The van der Waals surface area contributed by atoms with Crippen molar-refractivity contribution < 1.29 is 28.6 Å². The highest BCUT2D eigenvalue weighted by Gasteiger charge is 2.19. The van der Waals surface area contributed by atoms with Crippen LogP contribution < -0.4 is 0 Å². The minimum absolute atomic E-state index is 0.0946. The number of hydrogen-bond donors (Lipinski definition) is 0. The molecule has 6 heteroatoms. The molecule has 0 aliphatic rings. The van der Waals surface area contributed by atoms with E-state index in [1.54, 1.807) is 0 Å². The minimum Gasteiger partial charge on any atom is -0.462 e. The first-order valence-electron chi connectivity index (χ1n) is 24.5. The summed E-state index contributed by atoms with van der Waals surface area (Å²) in [6, 6.07) is 0. The maximum absolute atomic E-state index is 12.7. The topological polar surface area (TPSA) is 78.9 Å². The van der Waals surface area contributed by atoms with Crippen LogP contribution in [0.2, 0.25) is 0 Å². The molecule has 1 atom stereocenters. The smallest absolute Gasteiger partial charge is 0.306 e. The zero-order valence-corrected chi connectivity index (χ0v) is 38.5. The van der Waals surface area contributed by atoms with Gasteiger partial charge < -0.3 is 14.2 Å². The molecule has 0 aliphatic heterocycles. The summed E-state index contributed by atoms with van der Waals surface area (Å²) in [5.41, 5.74) is 0. The van der Waals surface area contributed by atoms with E-state index in [-0.39, 0.29) is 31.1 Å². The van der Waals surface area contributed by atoms with Crippen LogP contribution in [-0.2, 0) is 28.6 Å². The standard InChI is InChI=1S/C53H90O6/c1-4-7-10-13-16-19-21-23-24-25-26-27-28-30-31-34-37-40-43-46-52(55)58-49-50(48-57-51(54)45-42-39-36-33-18-15-12-9-6-3)59-53(56)47-44-41-38-35-32-29-22-20-17-14-11-8-5-2/h8,11,14,16-17,19-23,33,36,50H,4-7,9-10,12-13,15,18,24-32,34-35,37-49H2,1-3H3/b11-8-,17-14-,19-16-,22-20-,23-21-,36-33-. The van der Waals surface area contributed by atoms with Crippen molar-refractivity contribution in [2.24, 2.45) is 0 Å². The lowest BCUT2D eigenvalue weighted by atomic mass is 10.1. The van der Waals surface area contributed by atoms with Crippen molar-refractivity contribution >= 4 is 17.9 Å². The number of allylic oxidation sites excluding steroid dienone is 12. The van der Waals surface area contributed by atoms with E-state index in [0.29, 0.717) is 25.7 Å². The van der Waals surface area contributed by atoms with E-state index in [0.717, 1.165) is 77.0 Å². The molecule has 0 N–H and O–H groups in total. The lowest BCUT2D eigenvalue weighted by Gasteiger charge is -2.18. The van der Waals surface area contributed by atoms with Gasteiger partial charge in [-0.05, 0) is 83.5 Å². The second-order valence-electron chi connectivity index (χ2n) is 16.1. The van der Waals surface area contributed by atoms with Gasteiger partial charge in [0.15, 0.2) is 6.10 Å². The molecule has 0 saturated heterocycles. The van der Waals surface area contributed by atoms with E-state index in [1.807, 2.05) is 0 Å². The van der Waals surface area contributed by atoms with E-state index in [2.05, 4.69) is 93.7 Å². The van der Waals surface area contributed by atoms with Crippen LogP contribution in [0.5, 0.6) is 0 Å². The molecule has 59 heavy (non-hydrogen) atoms. The van der Waals surface area contributed by atoms with Gasteiger partial charge in [0.25, 0.3) is 0 Å². The monoisotopic (exact) mass is 823 g/mol. The molecule has 0 aromatic rings. The molecule has 0 saturated carbocycles. The van der Waals surface area contributed by atoms with Crippen molar-refractivity contribution in [3.8, 4) is 0 Å². The predicted octanol–water partition coefficient (Wildman–Crippen LogP) is 15.9. The Bertz CT molecular complexity index is 1130. The lowest BCUT2D eigenvalue weighted by Crippen LogP contribution is -2.30. The lowest BCUT2D eigenvalue weighted by molar-refractivity contribution is -0.167. The number of ether oxygens (including phenoxy) is 3. The first-order chi connectivity index (χ1) is 29.0. The third-order valence-corrected chi connectivity index (χ3v) is 10.3. The van der Waals surface area contributed by atoms with Gasteiger partial charge in [-0.15, -0.1) is 0 Å². The molecule has 0 fully saturated rings. The van der Waals surface area contributed by atoms with Gasteiger partial charge in [-0.2, -0.15) is 0 Å². The Balaban J connectivity index is 4.34. The zero-order valence-electron chi connectivity index (χ0n) is 38.5. The van der Waals surface area contributed by atoms with E-state index >= 15 is 0 Å². The predicted molar refractivity (Wildman–Crippen MR) is 251 cm³/mol. The highest BCUT2D eigenvalue weighted by molar-refractivity contribution is 5.71. The van der Waals surface area contributed by atoms with Crippen molar-refractivity contribution in [3.05, 3.63) is 72.9 Å². The molecule has 0 bridgehead atoms. The van der Waals surface area contributed by atoms with Crippen LogP contribution in [0.1, 0.15) is 226 Å². The van der Waals surface area contributed by atoms with Gasteiger partial charge >= 0.3 is 17.9 Å². The van der Waals surface area contributed by atoms with Gasteiger partial charge in [0.05, 0.1) is 0 Å². The fourth-order valence-electron chi connectivity index (χ4n) is 6.55. The number of rotatable bonds is 43. The maximum Gasteiger partial charge on any atom is 0.306 e. The second kappa shape index (κ2) is 47.5. The number of hydrogen-bond acceptors (Lipinski definition) is 6. The minimum atomic E-state index is -0.796. The van der Waals surface area contributed by atoms with E-state index < -0.39 is 6.10 Å². The Morgan fingerprint density at radius 2 is 0.695 bits per heavy atom. The largest absolute Gasteiger partial charge is 0.462 e. The molecule has 0 aliphatic carbocycles. The van der Waals surface area contributed by atoms with Gasteiger partial charge in [0, 0.05) is 19.3 Å². The van der Waals surface area contributed by atoms with Crippen molar-refractivity contribution in [1.29, 1.82) is 0 Å². The molecular formula is C53H90O6. The molecule has 6 nitrogen and oxygen atoms in total. The van der Waals surface area contributed by atoms with E-state index in [9.17, 15) is 14.4 Å². The van der Waals surface area contributed by atoms with Gasteiger partial charge in [0.2, 0.25) is 0 Å². The van der Waals surface area contributed by atoms with Crippen LogP contribution in [0, 0.1) is 0 Å². The first-order valence-corrected chi connectivity index (χ1v) is 24.5. The molecule has 0 aromatic heterocycles. The van der Waals surface area contributed by atoms with Crippen molar-refractivity contribution in [2.45, 2.75) is 232 Å². The Hall–Kier alpha value is -3.15. The van der Waals surface area contributed by atoms with Crippen LogP contribution in [-0.4, -0.2) is 37.2 Å². The number of carbonyl (C=O) groups excluding carboxylic acids is 3. The fourth-order valence-corrected chi connectivity index (χ4v) is 6.55. The van der Waals surface area contributed by atoms with Crippen LogP contribution in [0.15, 0.2) is 72.9 Å². The molecular weight excluding hydrogens is 733 g/mol. The van der Waals surface area contributed by atoms with Crippen LogP contribution in [0.3, 0.4) is 0 Å². The average molecular weight is 823 g/mol. The molecule has 0 amide bonds. The third-order valence-electron chi connectivity index (χ3n) is 10.3. The van der Waals surface area contributed by atoms with Gasteiger partial charge in [-0.3, -0.25) is 14.4 Å².